The van der Waals surface area contributed by atoms with E-state index in [1.807, 2.05) is 26.2 Å². The van der Waals surface area contributed by atoms with Crippen LogP contribution in [0.3, 0.4) is 0 Å². The van der Waals surface area contributed by atoms with Crippen LogP contribution in [0.2, 0.25) is 0 Å². The van der Waals surface area contributed by atoms with Crippen molar-refractivity contribution in [3.05, 3.63) is 23.8 Å². The fraction of sp³-hybridized carbons (Fsp3) is 0.462. The molecule has 5 heteroatoms. The fourth-order valence-electron chi connectivity index (χ4n) is 2.14. The average molecular weight is 250 g/mol. The molecule has 1 unspecified atom stereocenters. The number of anilines is 1. The molecular weight excluding hydrogens is 232 g/mol. The van der Waals surface area contributed by atoms with Crippen molar-refractivity contribution in [3.8, 4) is 5.75 Å². The average Bonchev–Trinajstić information content (AvgIpc) is 2.41. The molecule has 1 aromatic rings. The summed E-state index contributed by atoms with van der Waals surface area (Å²) in [6, 6.07) is 5.77. The Morgan fingerprint density at radius 2 is 2.39 bits per heavy atom. The second-order valence-electron chi connectivity index (χ2n) is 4.28. The van der Waals surface area contributed by atoms with Crippen LogP contribution in [-0.2, 0) is 4.74 Å². The van der Waals surface area contributed by atoms with Gasteiger partial charge in [0.1, 0.15) is 12.2 Å². The summed E-state index contributed by atoms with van der Waals surface area (Å²) in [7, 11) is 5.29. The topological polar surface area (TPSA) is 50.8 Å². The van der Waals surface area contributed by atoms with Crippen molar-refractivity contribution in [3.63, 3.8) is 0 Å². The highest BCUT2D eigenvalue weighted by atomic mass is 16.5. The molecule has 0 amide bonds. The number of carbonyl (C=O) groups is 1. The van der Waals surface area contributed by atoms with Gasteiger partial charge in [-0.05, 0) is 19.2 Å². The lowest BCUT2D eigenvalue weighted by molar-refractivity contribution is 0.0595. The summed E-state index contributed by atoms with van der Waals surface area (Å²) in [6.07, 6.45) is 0. The Balaban J connectivity index is 2.36. The van der Waals surface area contributed by atoms with E-state index in [1.165, 1.54) is 7.11 Å². The second-order valence-corrected chi connectivity index (χ2v) is 4.28. The number of esters is 1. The number of carbonyl (C=O) groups excluding carboxylic acids is 1. The number of ether oxygens (including phenoxy) is 2. The van der Waals surface area contributed by atoms with E-state index in [4.69, 9.17) is 9.47 Å². The van der Waals surface area contributed by atoms with Crippen molar-refractivity contribution in [1.82, 2.24) is 5.32 Å². The van der Waals surface area contributed by atoms with Crippen molar-refractivity contribution in [1.29, 1.82) is 0 Å². The summed E-state index contributed by atoms with van der Waals surface area (Å²) in [6.45, 7) is 1.39. The number of rotatable bonds is 3. The summed E-state index contributed by atoms with van der Waals surface area (Å²) < 4.78 is 10.5. The van der Waals surface area contributed by atoms with Crippen molar-refractivity contribution in [2.75, 3.05) is 39.3 Å². The summed E-state index contributed by atoms with van der Waals surface area (Å²) in [5.41, 5.74) is 1.40. The largest absolute Gasteiger partial charge is 0.488 e. The van der Waals surface area contributed by atoms with Crippen molar-refractivity contribution in [2.24, 2.45) is 0 Å². The van der Waals surface area contributed by atoms with Crippen LogP contribution in [0, 0.1) is 0 Å². The summed E-state index contributed by atoms with van der Waals surface area (Å²) in [5.74, 6) is 0.242. The summed E-state index contributed by atoms with van der Waals surface area (Å²) >= 11 is 0. The van der Waals surface area contributed by atoms with Gasteiger partial charge in [0.05, 0.1) is 18.8 Å². The summed E-state index contributed by atoms with van der Waals surface area (Å²) in [4.78, 5) is 13.8. The molecule has 18 heavy (non-hydrogen) atoms. The van der Waals surface area contributed by atoms with Crippen LogP contribution in [0.1, 0.15) is 10.4 Å². The van der Waals surface area contributed by atoms with Crippen LogP contribution in [0.25, 0.3) is 0 Å². The molecule has 0 spiro atoms. The lowest BCUT2D eigenvalue weighted by atomic mass is 10.1. The highest BCUT2D eigenvalue weighted by Gasteiger charge is 2.28. The van der Waals surface area contributed by atoms with Gasteiger partial charge in [-0.1, -0.05) is 6.07 Å². The van der Waals surface area contributed by atoms with Crippen LogP contribution < -0.4 is 15.0 Å². The van der Waals surface area contributed by atoms with Gasteiger partial charge >= 0.3 is 5.97 Å². The smallest absolute Gasteiger partial charge is 0.341 e. The van der Waals surface area contributed by atoms with Gasteiger partial charge in [0.15, 0.2) is 5.75 Å². The Kier molecular flexibility index (Phi) is 3.72. The Bertz CT molecular complexity index is 448. The highest BCUT2D eigenvalue weighted by molar-refractivity contribution is 5.95. The van der Waals surface area contributed by atoms with E-state index in [0.717, 1.165) is 12.2 Å². The van der Waals surface area contributed by atoms with E-state index in [0.29, 0.717) is 17.9 Å². The minimum absolute atomic E-state index is 0.260. The van der Waals surface area contributed by atoms with Gasteiger partial charge < -0.3 is 19.7 Å². The number of likely N-dealkylation sites (N-methyl/N-ethyl adjacent to an activating group) is 2. The number of fused-ring (bicyclic) bond motifs is 1. The molecule has 0 aliphatic carbocycles. The first kappa shape index (κ1) is 12.7. The number of hydrogen-bond acceptors (Lipinski definition) is 5. The molecule has 0 aromatic heterocycles. The first-order chi connectivity index (χ1) is 8.69. The standard InChI is InChI=1S/C13H18N2O3/c1-14-7-9-8-18-12-10(13(16)17-3)5-4-6-11(12)15(9)2/h4-6,9,14H,7-8H2,1-3H3. The van der Waals surface area contributed by atoms with Gasteiger partial charge in [0.2, 0.25) is 0 Å². The van der Waals surface area contributed by atoms with E-state index in [-0.39, 0.29) is 12.0 Å². The van der Waals surface area contributed by atoms with E-state index < -0.39 is 0 Å². The van der Waals surface area contributed by atoms with Crippen LogP contribution in [0.4, 0.5) is 5.69 Å². The third-order valence-corrected chi connectivity index (χ3v) is 3.19. The molecule has 5 nitrogen and oxygen atoms in total. The number of benzene rings is 1. The second kappa shape index (κ2) is 5.27. The summed E-state index contributed by atoms with van der Waals surface area (Å²) in [5, 5.41) is 3.13. The van der Waals surface area contributed by atoms with Crippen molar-refractivity contribution < 1.29 is 14.3 Å². The van der Waals surface area contributed by atoms with E-state index in [1.54, 1.807) is 6.07 Å². The lowest BCUT2D eigenvalue weighted by Gasteiger charge is -2.36. The zero-order valence-electron chi connectivity index (χ0n) is 10.9. The molecule has 1 atom stereocenters. The van der Waals surface area contributed by atoms with Crippen molar-refractivity contribution in [2.45, 2.75) is 6.04 Å². The Hall–Kier alpha value is -1.75. The molecule has 0 fully saturated rings. The van der Waals surface area contributed by atoms with Crippen LogP contribution in [0.5, 0.6) is 5.75 Å². The van der Waals surface area contributed by atoms with Gasteiger partial charge in [-0.3, -0.25) is 0 Å². The van der Waals surface area contributed by atoms with Crippen molar-refractivity contribution >= 4 is 11.7 Å². The van der Waals surface area contributed by atoms with E-state index in [2.05, 4.69) is 10.2 Å². The number of hydrogen-bond donors (Lipinski definition) is 1. The third-order valence-electron chi connectivity index (χ3n) is 3.19. The molecule has 1 N–H and O–H groups in total. The zero-order chi connectivity index (χ0) is 13.1. The van der Waals surface area contributed by atoms with Gasteiger partial charge in [-0.25, -0.2) is 4.79 Å². The third kappa shape index (κ3) is 2.13. The monoisotopic (exact) mass is 250 g/mol. The van der Waals surface area contributed by atoms with Crippen LogP contribution in [0.15, 0.2) is 18.2 Å². The Labute approximate surface area is 107 Å². The number of para-hydroxylation sites is 1. The fourth-order valence-corrected chi connectivity index (χ4v) is 2.14. The Morgan fingerprint density at radius 3 is 3.06 bits per heavy atom. The normalized spacial score (nSPS) is 17.9. The van der Waals surface area contributed by atoms with Gasteiger partial charge in [-0.15, -0.1) is 0 Å². The van der Waals surface area contributed by atoms with Crippen LogP contribution >= 0.6 is 0 Å². The number of methoxy groups -OCH3 is 1. The minimum atomic E-state index is -0.368. The first-order valence-electron chi connectivity index (χ1n) is 5.90. The van der Waals surface area contributed by atoms with Crippen LogP contribution in [-0.4, -0.2) is 46.4 Å². The molecule has 0 bridgehead atoms. The van der Waals surface area contributed by atoms with E-state index in [9.17, 15) is 4.79 Å². The molecular formula is C13H18N2O3. The molecule has 0 radical (unpaired) electrons. The lowest BCUT2D eigenvalue weighted by Crippen LogP contribution is -2.46. The van der Waals surface area contributed by atoms with E-state index >= 15 is 0 Å². The van der Waals surface area contributed by atoms with Gasteiger partial charge in [-0.2, -0.15) is 0 Å². The number of nitrogens with one attached hydrogen (secondary N) is 1. The molecule has 1 aromatic carbocycles. The quantitative estimate of drug-likeness (QED) is 0.807. The predicted octanol–water partition coefficient (Wildman–Crippen LogP) is 0.890. The Morgan fingerprint density at radius 1 is 1.61 bits per heavy atom. The highest BCUT2D eigenvalue weighted by Crippen LogP contribution is 2.36. The molecule has 98 valence electrons. The zero-order valence-corrected chi connectivity index (χ0v) is 10.9. The maximum Gasteiger partial charge on any atom is 0.341 e. The number of nitrogens with zero attached hydrogens (tertiary/aromatic N) is 1. The molecule has 1 heterocycles. The first-order valence-corrected chi connectivity index (χ1v) is 5.90. The molecule has 2 rings (SSSR count). The predicted molar refractivity (Wildman–Crippen MR) is 69.4 cm³/mol. The maximum absolute atomic E-state index is 11.7. The van der Waals surface area contributed by atoms with Gasteiger partial charge in [0.25, 0.3) is 0 Å². The molecule has 0 saturated heterocycles. The minimum Gasteiger partial charge on any atom is -0.488 e. The SMILES string of the molecule is CNCC1COc2c(C(=O)OC)cccc2N1C. The molecule has 0 saturated carbocycles. The molecule has 1 aliphatic rings. The van der Waals surface area contributed by atoms with Gasteiger partial charge in [0, 0.05) is 13.6 Å². The molecule has 1 aliphatic heterocycles. The maximum atomic E-state index is 11.7.